The zero-order valence-corrected chi connectivity index (χ0v) is 11.8. The van der Waals surface area contributed by atoms with Crippen LogP contribution in [-0.4, -0.2) is 41.4 Å². The van der Waals surface area contributed by atoms with Gasteiger partial charge in [-0.05, 0) is 6.42 Å². The molecule has 0 spiro atoms. The molecule has 1 fully saturated rings. The molecular formula is C12H16N2O5S. The monoisotopic (exact) mass is 300 g/mol. The van der Waals surface area contributed by atoms with Gasteiger partial charge in [-0.15, -0.1) is 0 Å². The van der Waals surface area contributed by atoms with Crippen LogP contribution in [0.25, 0.3) is 0 Å². The lowest BCUT2D eigenvalue weighted by Crippen LogP contribution is -2.63. The number of β-amino-alcohol motifs (C(OH)–C–C–N with tert-alkyl or cyclic N) is 1. The third-order valence-electron chi connectivity index (χ3n) is 3.52. The summed E-state index contributed by atoms with van der Waals surface area (Å²) in [6.07, 6.45) is 0.477. The van der Waals surface area contributed by atoms with Gasteiger partial charge in [0.2, 0.25) is 10.0 Å². The molecule has 2 rings (SSSR count). The van der Waals surface area contributed by atoms with Gasteiger partial charge >= 0.3 is 0 Å². The topological polar surface area (TPSA) is 101 Å². The Morgan fingerprint density at radius 2 is 2.00 bits per heavy atom. The quantitative estimate of drug-likeness (QED) is 0.642. The van der Waals surface area contributed by atoms with E-state index in [1.807, 2.05) is 0 Å². The standard InChI is InChI=1S/C12H16N2O5S/c1-2-12(15)8-13(9-12)20(18,19)7-10-5-3-4-6-11(10)14(16)17/h3-6,15H,2,7-9H2,1H3. The van der Waals surface area contributed by atoms with Crippen molar-refractivity contribution in [1.82, 2.24) is 4.31 Å². The number of sulfonamides is 1. The van der Waals surface area contributed by atoms with E-state index < -0.39 is 26.3 Å². The summed E-state index contributed by atoms with van der Waals surface area (Å²) in [5.74, 6) is -0.427. The number of nitro benzene ring substituents is 1. The highest BCUT2D eigenvalue weighted by Crippen LogP contribution is 2.29. The summed E-state index contributed by atoms with van der Waals surface area (Å²) in [4.78, 5) is 10.3. The molecule has 0 radical (unpaired) electrons. The van der Waals surface area contributed by atoms with Crippen molar-refractivity contribution in [3.63, 3.8) is 0 Å². The predicted molar refractivity (Wildman–Crippen MR) is 72.5 cm³/mol. The Morgan fingerprint density at radius 1 is 1.40 bits per heavy atom. The first-order chi connectivity index (χ1) is 9.27. The number of aliphatic hydroxyl groups is 1. The average molecular weight is 300 g/mol. The SMILES string of the molecule is CCC1(O)CN(S(=O)(=O)Cc2ccccc2[N+](=O)[O-])C1. The summed E-state index contributed by atoms with van der Waals surface area (Å²) in [5.41, 5.74) is -1.01. The first-order valence-electron chi connectivity index (χ1n) is 6.20. The second-order valence-corrected chi connectivity index (χ2v) is 6.96. The van der Waals surface area contributed by atoms with E-state index in [1.54, 1.807) is 13.0 Å². The third kappa shape index (κ3) is 2.82. The van der Waals surface area contributed by atoms with Gasteiger partial charge in [0.15, 0.2) is 0 Å². The first kappa shape index (κ1) is 14.9. The molecule has 1 saturated heterocycles. The van der Waals surface area contributed by atoms with E-state index >= 15 is 0 Å². The maximum Gasteiger partial charge on any atom is 0.273 e. The number of hydrogen-bond donors (Lipinski definition) is 1. The molecule has 1 heterocycles. The zero-order chi connectivity index (χ0) is 15.0. The Hall–Kier alpha value is -1.51. The molecule has 0 saturated carbocycles. The van der Waals surface area contributed by atoms with E-state index in [1.165, 1.54) is 18.2 Å². The van der Waals surface area contributed by atoms with Crippen LogP contribution in [0.4, 0.5) is 5.69 Å². The van der Waals surface area contributed by atoms with Crippen LogP contribution in [0.3, 0.4) is 0 Å². The predicted octanol–water partition coefficient (Wildman–Crippen LogP) is 0.881. The number of nitro groups is 1. The molecular weight excluding hydrogens is 284 g/mol. The van der Waals surface area contributed by atoms with Crippen LogP contribution >= 0.6 is 0 Å². The Labute approximate surface area is 117 Å². The number of para-hydroxylation sites is 1. The molecule has 1 aromatic rings. The molecule has 7 nitrogen and oxygen atoms in total. The molecule has 1 aromatic carbocycles. The van der Waals surface area contributed by atoms with E-state index in [0.717, 1.165) is 4.31 Å². The van der Waals surface area contributed by atoms with Crippen LogP contribution in [0.1, 0.15) is 18.9 Å². The van der Waals surface area contributed by atoms with Crippen LogP contribution in [-0.2, 0) is 15.8 Å². The molecule has 0 atom stereocenters. The second kappa shape index (κ2) is 5.12. The Bertz CT molecular complexity index is 622. The highest BCUT2D eigenvalue weighted by molar-refractivity contribution is 7.88. The van der Waals surface area contributed by atoms with Gasteiger partial charge in [0.25, 0.3) is 5.69 Å². The van der Waals surface area contributed by atoms with Crippen LogP contribution in [0.2, 0.25) is 0 Å². The first-order valence-corrected chi connectivity index (χ1v) is 7.81. The minimum Gasteiger partial charge on any atom is -0.387 e. The summed E-state index contributed by atoms with van der Waals surface area (Å²) >= 11 is 0. The molecule has 20 heavy (non-hydrogen) atoms. The van der Waals surface area contributed by atoms with Crippen molar-refractivity contribution in [2.45, 2.75) is 24.7 Å². The number of rotatable bonds is 5. The molecule has 0 aliphatic carbocycles. The van der Waals surface area contributed by atoms with Crippen molar-refractivity contribution in [3.8, 4) is 0 Å². The van der Waals surface area contributed by atoms with Gasteiger partial charge in [0, 0.05) is 24.7 Å². The molecule has 0 aromatic heterocycles. The molecule has 110 valence electrons. The maximum atomic E-state index is 12.2. The fourth-order valence-corrected chi connectivity index (χ4v) is 3.82. The summed E-state index contributed by atoms with van der Waals surface area (Å²) in [6, 6.07) is 5.77. The lowest BCUT2D eigenvalue weighted by molar-refractivity contribution is -0.385. The lowest BCUT2D eigenvalue weighted by Gasteiger charge is -2.44. The molecule has 1 aliphatic rings. The van der Waals surface area contributed by atoms with Crippen molar-refractivity contribution in [2.24, 2.45) is 0 Å². The van der Waals surface area contributed by atoms with Crippen molar-refractivity contribution in [3.05, 3.63) is 39.9 Å². The summed E-state index contributed by atoms with van der Waals surface area (Å²) in [5, 5.41) is 20.7. The van der Waals surface area contributed by atoms with E-state index in [0.29, 0.717) is 6.42 Å². The summed E-state index contributed by atoms with van der Waals surface area (Å²) < 4.78 is 25.5. The second-order valence-electron chi connectivity index (χ2n) is 4.99. The van der Waals surface area contributed by atoms with Crippen LogP contribution in [0.15, 0.2) is 24.3 Å². The van der Waals surface area contributed by atoms with Gasteiger partial charge in [-0.3, -0.25) is 10.1 Å². The summed E-state index contributed by atoms with van der Waals surface area (Å²) in [6.45, 7) is 1.88. The number of nitrogens with zero attached hydrogens (tertiary/aromatic N) is 2. The molecule has 0 amide bonds. The van der Waals surface area contributed by atoms with E-state index in [9.17, 15) is 23.6 Å². The Kier molecular flexibility index (Phi) is 3.81. The largest absolute Gasteiger partial charge is 0.387 e. The van der Waals surface area contributed by atoms with Gasteiger partial charge in [0.05, 0.1) is 16.3 Å². The average Bonchev–Trinajstić information content (AvgIpc) is 2.34. The molecule has 0 unspecified atom stereocenters. The minimum absolute atomic E-state index is 0.0481. The van der Waals surface area contributed by atoms with Gasteiger partial charge < -0.3 is 5.11 Å². The highest BCUT2D eigenvalue weighted by Gasteiger charge is 2.45. The fraction of sp³-hybridized carbons (Fsp3) is 0.500. The van der Waals surface area contributed by atoms with Crippen LogP contribution in [0.5, 0.6) is 0 Å². The van der Waals surface area contributed by atoms with Gasteiger partial charge in [-0.2, -0.15) is 4.31 Å². The Balaban J connectivity index is 2.16. The minimum atomic E-state index is -3.64. The molecule has 1 aliphatic heterocycles. The van der Waals surface area contributed by atoms with Crippen molar-refractivity contribution < 1.29 is 18.4 Å². The molecule has 0 bridgehead atoms. The highest BCUT2D eigenvalue weighted by atomic mass is 32.2. The van der Waals surface area contributed by atoms with E-state index in [2.05, 4.69) is 0 Å². The van der Waals surface area contributed by atoms with E-state index in [-0.39, 0.29) is 24.3 Å². The number of hydrogen-bond acceptors (Lipinski definition) is 5. The maximum absolute atomic E-state index is 12.2. The van der Waals surface area contributed by atoms with Crippen LogP contribution < -0.4 is 0 Å². The van der Waals surface area contributed by atoms with E-state index in [4.69, 9.17) is 0 Å². The normalized spacial score (nSPS) is 18.5. The number of benzene rings is 1. The molecule has 1 N–H and O–H groups in total. The Morgan fingerprint density at radius 3 is 2.55 bits per heavy atom. The molecule has 8 heteroatoms. The third-order valence-corrected chi connectivity index (χ3v) is 5.24. The van der Waals surface area contributed by atoms with Crippen molar-refractivity contribution in [1.29, 1.82) is 0 Å². The van der Waals surface area contributed by atoms with Crippen LogP contribution in [0, 0.1) is 10.1 Å². The smallest absolute Gasteiger partial charge is 0.273 e. The van der Waals surface area contributed by atoms with Crippen molar-refractivity contribution >= 4 is 15.7 Å². The zero-order valence-electron chi connectivity index (χ0n) is 11.0. The fourth-order valence-electron chi connectivity index (χ4n) is 2.13. The van der Waals surface area contributed by atoms with Gasteiger partial charge in [-0.1, -0.05) is 25.1 Å². The van der Waals surface area contributed by atoms with Gasteiger partial charge in [0.1, 0.15) is 0 Å². The lowest BCUT2D eigenvalue weighted by atomic mass is 9.94. The summed E-state index contributed by atoms with van der Waals surface area (Å²) in [7, 11) is -3.64. The van der Waals surface area contributed by atoms with Gasteiger partial charge in [-0.25, -0.2) is 8.42 Å². The van der Waals surface area contributed by atoms with Crippen molar-refractivity contribution in [2.75, 3.05) is 13.1 Å².